The summed E-state index contributed by atoms with van der Waals surface area (Å²) in [5.41, 5.74) is 6.59. The molecular formula is C14H16N2O3. The highest BCUT2D eigenvalue weighted by molar-refractivity contribution is 5.83. The average molecular weight is 260 g/mol. The Hall–Kier alpha value is -2.14. The highest BCUT2D eigenvalue weighted by Crippen LogP contribution is 2.19. The Labute approximate surface area is 111 Å². The van der Waals surface area contributed by atoms with Crippen LogP contribution in [0.25, 0.3) is 0 Å². The van der Waals surface area contributed by atoms with Gasteiger partial charge in [0.25, 0.3) is 0 Å². The zero-order chi connectivity index (χ0) is 13.8. The molecule has 1 aliphatic rings. The zero-order valence-electron chi connectivity index (χ0n) is 10.3. The number of carbonyl (C=O) groups is 2. The summed E-state index contributed by atoms with van der Waals surface area (Å²) in [6.45, 7) is 0. The van der Waals surface area contributed by atoms with E-state index in [-0.39, 0.29) is 11.9 Å². The lowest BCUT2D eigenvalue weighted by molar-refractivity contribution is -0.140. The first-order valence-electron chi connectivity index (χ1n) is 6.10. The fraction of sp³-hybridized carbons (Fsp3) is 0.286. The summed E-state index contributed by atoms with van der Waals surface area (Å²) in [4.78, 5) is 22.8. The summed E-state index contributed by atoms with van der Waals surface area (Å²) in [5.74, 6) is -1.70. The molecule has 3 atom stereocenters. The van der Waals surface area contributed by atoms with Gasteiger partial charge in [-0.05, 0) is 12.0 Å². The van der Waals surface area contributed by atoms with Gasteiger partial charge >= 0.3 is 5.97 Å². The molecule has 0 heterocycles. The van der Waals surface area contributed by atoms with E-state index in [2.05, 4.69) is 5.32 Å². The monoisotopic (exact) mass is 260 g/mol. The molecule has 19 heavy (non-hydrogen) atoms. The average Bonchev–Trinajstić information content (AvgIpc) is 2.87. The third-order valence-electron chi connectivity index (χ3n) is 3.17. The summed E-state index contributed by atoms with van der Waals surface area (Å²) < 4.78 is 0. The van der Waals surface area contributed by atoms with Crippen LogP contribution in [0.5, 0.6) is 0 Å². The topological polar surface area (TPSA) is 92.4 Å². The number of nitrogens with one attached hydrogen (secondary N) is 1. The van der Waals surface area contributed by atoms with Crippen molar-refractivity contribution in [3.8, 4) is 0 Å². The third kappa shape index (κ3) is 3.20. The molecule has 100 valence electrons. The van der Waals surface area contributed by atoms with Gasteiger partial charge in [0, 0.05) is 6.04 Å². The van der Waals surface area contributed by atoms with Crippen molar-refractivity contribution in [1.82, 2.24) is 5.32 Å². The standard InChI is InChI=1S/C14H16N2O3/c15-12(9-4-2-1-3-5-9)13(17)16-11-7-6-10(8-11)14(18)19/h1-7,10-12H,8,15H2,(H,16,17)(H,18,19)/t10?,11?,12-/m1/s1. The van der Waals surface area contributed by atoms with Crippen LogP contribution in [-0.4, -0.2) is 23.0 Å². The number of carbonyl (C=O) groups excluding carboxylic acids is 1. The number of aliphatic carboxylic acids is 1. The van der Waals surface area contributed by atoms with Crippen molar-refractivity contribution < 1.29 is 14.7 Å². The first-order chi connectivity index (χ1) is 9.08. The van der Waals surface area contributed by atoms with E-state index in [0.29, 0.717) is 6.42 Å². The predicted octanol–water partition coefficient (Wildman–Crippen LogP) is 0.832. The van der Waals surface area contributed by atoms with Gasteiger partial charge in [0.1, 0.15) is 6.04 Å². The molecule has 2 rings (SSSR count). The Morgan fingerprint density at radius 1 is 1.26 bits per heavy atom. The van der Waals surface area contributed by atoms with Crippen molar-refractivity contribution in [1.29, 1.82) is 0 Å². The Morgan fingerprint density at radius 3 is 2.53 bits per heavy atom. The molecule has 1 aromatic rings. The number of hydrogen-bond donors (Lipinski definition) is 3. The molecule has 2 unspecified atom stereocenters. The highest BCUT2D eigenvalue weighted by Gasteiger charge is 2.26. The van der Waals surface area contributed by atoms with Gasteiger partial charge in [0.2, 0.25) is 5.91 Å². The van der Waals surface area contributed by atoms with Gasteiger partial charge in [0.15, 0.2) is 0 Å². The van der Waals surface area contributed by atoms with Crippen molar-refractivity contribution >= 4 is 11.9 Å². The van der Waals surface area contributed by atoms with Crippen LogP contribution in [0.4, 0.5) is 0 Å². The highest BCUT2D eigenvalue weighted by atomic mass is 16.4. The minimum Gasteiger partial charge on any atom is -0.481 e. The fourth-order valence-corrected chi connectivity index (χ4v) is 2.07. The molecule has 0 fully saturated rings. The first-order valence-corrected chi connectivity index (χ1v) is 6.10. The fourth-order valence-electron chi connectivity index (χ4n) is 2.07. The largest absolute Gasteiger partial charge is 0.481 e. The quantitative estimate of drug-likeness (QED) is 0.699. The van der Waals surface area contributed by atoms with E-state index < -0.39 is 17.9 Å². The summed E-state index contributed by atoms with van der Waals surface area (Å²) in [6, 6.07) is 8.06. The number of benzene rings is 1. The zero-order valence-corrected chi connectivity index (χ0v) is 10.3. The van der Waals surface area contributed by atoms with Crippen molar-refractivity contribution in [3.05, 3.63) is 48.0 Å². The minimum atomic E-state index is -0.875. The van der Waals surface area contributed by atoms with Crippen molar-refractivity contribution in [2.24, 2.45) is 11.7 Å². The van der Waals surface area contributed by atoms with Crippen LogP contribution in [-0.2, 0) is 9.59 Å². The van der Waals surface area contributed by atoms with Crippen LogP contribution >= 0.6 is 0 Å². The molecule has 0 saturated carbocycles. The van der Waals surface area contributed by atoms with Gasteiger partial charge in [-0.1, -0.05) is 42.5 Å². The lowest BCUT2D eigenvalue weighted by atomic mass is 10.1. The molecule has 0 saturated heterocycles. The van der Waals surface area contributed by atoms with Crippen LogP contribution in [0.15, 0.2) is 42.5 Å². The van der Waals surface area contributed by atoms with Crippen LogP contribution in [0.2, 0.25) is 0 Å². The minimum absolute atomic E-state index is 0.261. The predicted molar refractivity (Wildman–Crippen MR) is 70.2 cm³/mol. The van der Waals surface area contributed by atoms with Crippen LogP contribution in [0.1, 0.15) is 18.0 Å². The van der Waals surface area contributed by atoms with E-state index in [4.69, 9.17) is 10.8 Å². The second-order valence-corrected chi connectivity index (χ2v) is 4.57. The van der Waals surface area contributed by atoms with Crippen molar-refractivity contribution in [3.63, 3.8) is 0 Å². The number of rotatable bonds is 4. The van der Waals surface area contributed by atoms with E-state index >= 15 is 0 Å². The molecule has 4 N–H and O–H groups in total. The van der Waals surface area contributed by atoms with E-state index in [1.54, 1.807) is 24.3 Å². The Balaban J connectivity index is 1.92. The summed E-state index contributed by atoms with van der Waals surface area (Å²) in [7, 11) is 0. The number of nitrogens with two attached hydrogens (primary N) is 1. The molecule has 0 spiro atoms. The van der Waals surface area contributed by atoms with Crippen LogP contribution in [0.3, 0.4) is 0 Å². The third-order valence-corrected chi connectivity index (χ3v) is 3.17. The normalized spacial score (nSPS) is 23.0. The second-order valence-electron chi connectivity index (χ2n) is 4.57. The molecule has 0 aliphatic heterocycles. The molecule has 5 heteroatoms. The number of hydrogen-bond acceptors (Lipinski definition) is 3. The molecule has 0 bridgehead atoms. The van der Waals surface area contributed by atoms with Crippen molar-refractivity contribution in [2.75, 3.05) is 0 Å². The maximum Gasteiger partial charge on any atom is 0.310 e. The summed E-state index contributed by atoms with van der Waals surface area (Å²) in [5, 5.41) is 11.6. The molecule has 0 radical (unpaired) electrons. The Bertz CT molecular complexity index is 499. The molecule has 5 nitrogen and oxygen atoms in total. The van der Waals surface area contributed by atoms with Gasteiger partial charge in [-0.3, -0.25) is 9.59 Å². The van der Waals surface area contributed by atoms with Gasteiger partial charge in [0.05, 0.1) is 5.92 Å². The van der Waals surface area contributed by atoms with Crippen molar-refractivity contribution in [2.45, 2.75) is 18.5 Å². The van der Waals surface area contributed by atoms with Gasteiger partial charge in [-0.15, -0.1) is 0 Å². The number of carboxylic acids is 1. The summed E-state index contributed by atoms with van der Waals surface area (Å²) >= 11 is 0. The van der Waals surface area contributed by atoms with Gasteiger partial charge in [-0.25, -0.2) is 0 Å². The maximum atomic E-state index is 12.0. The van der Waals surface area contributed by atoms with E-state index in [9.17, 15) is 9.59 Å². The van der Waals surface area contributed by atoms with E-state index in [0.717, 1.165) is 5.56 Å². The Morgan fingerprint density at radius 2 is 1.95 bits per heavy atom. The number of carboxylic acid groups (broad SMARTS) is 1. The number of amides is 1. The lowest BCUT2D eigenvalue weighted by Gasteiger charge is -2.16. The lowest BCUT2D eigenvalue weighted by Crippen LogP contribution is -2.39. The first kappa shape index (κ1) is 13.3. The van der Waals surface area contributed by atoms with Crippen LogP contribution < -0.4 is 11.1 Å². The second kappa shape index (κ2) is 5.67. The smallest absolute Gasteiger partial charge is 0.310 e. The molecule has 0 aromatic heterocycles. The van der Waals surface area contributed by atoms with E-state index in [1.165, 1.54) is 0 Å². The van der Waals surface area contributed by atoms with Gasteiger partial charge < -0.3 is 16.2 Å². The SMILES string of the molecule is N[C@@H](C(=O)NC1C=CC(C(=O)O)C1)c1ccccc1. The molecule has 1 aliphatic carbocycles. The Kier molecular flexibility index (Phi) is 3.97. The molecular weight excluding hydrogens is 244 g/mol. The summed E-state index contributed by atoms with van der Waals surface area (Å²) in [6.07, 6.45) is 3.68. The molecule has 1 amide bonds. The van der Waals surface area contributed by atoms with Gasteiger partial charge in [-0.2, -0.15) is 0 Å². The van der Waals surface area contributed by atoms with Crippen LogP contribution in [0, 0.1) is 5.92 Å². The maximum absolute atomic E-state index is 12.0. The van der Waals surface area contributed by atoms with E-state index in [1.807, 2.05) is 18.2 Å². The molecule has 1 aromatic carbocycles.